The van der Waals surface area contributed by atoms with E-state index in [1.165, 1.54) is 0 Å². The van der Waals surface area contributed by atoms with Gasteiger partial charge in [0.1, 0.15) is 0 Å². The second kappa shape index (κ2) is 1.68. The summed E-state index contributed by atoms with van der Waals surface area (Å²) >= 11 is 0. The molecular formula is C6H11N2O. The zero-order valence-electron chi connectivity index (χ0n) is 5.31. The average Bonchev–Trinajstić information content (AvgIpc) is 2.34. The molecule has 9 heavy (non-hydrogen) atoms. The van der Waals surface area contributed by atoms with Gasteiger partial charge in [-0.1, -0.05) is 0 Å². The Morgan fingerprint density at radius 1 is 1.67 bits per heavy atom. The van der Waals surface area contributed by atoms with Gasteiger partial charge in [0, 0.05) is 6.54 Å². The molecular weight excluding hydrogens is 116 g/mol. The lowest BCUT2D eigenvalue weighted by Crippen LogP contribution is -2.51. The van der Waals surface area contributed by atoms with Gasteiger partial charge in [-0.25, -0.2) is 0 Å². The van der Waals surface area contributed by atoms with Gasteiger partial charge in [0.25, 0.3) is 0 Å². The molecule has 51 valence electrons. The summed E-state index contributed by atoms with van der Waals surface area (Å²) in [5, 5.41) is 3.26. The van der Waals surface area contributed by atoms with Crippen molar-refractivity contribution in [2.45, 2.75) is 6.42 Å². The fraction of sp³-hybridized carbons (Fsp3) is 0.833. The van der Waals surface area contributed by atoms with Crippen molar-refractivity contribution in [3.63, 3.8) is 0 Å². The Morgan fingerprint density at radius 3 is 2.78 bits per heavy atom. The quantitative estimate of drug-likeness (QED) is 0.458. The first kappa shape index (κ1) is 5.65. The standard InChI is InChI=1S/C6H11N2O/c7-5-6(4-9-5)1-2-8-3-6/h8H,1-4,7H2. The van der Waals surface area contributed by atoms with Crippen molar-refractivity contribution in [3.8, 4) is 0 Å². The summed E-state index contributed by atoms with van der Waals surface area (Å²) in [6.07, 6.45) is 1.89. The Morgan fingerprint density at radius 2 is 2.56 bits per heavy atom. The Bertz CT molecular complexity index is 120. The zero-order valence-corrected chi connectivity index (χ0v) is 5.31. The first-order valence-electron chi connectivity index (χ1n) is 3.30. The maximum absolute atomic E-state index is 5.57. The van der Waals surface area contributed by atoms with Gasteiger partial charge in [-0.15, -0.1) is 0 Å². The van der Waals surface area contributed by atoms with Crippen LogP contribution < -0.4 is 11.1 Å². The summed E-state index contributed by atoms with van der Waals surface area (Å²) in [6.45, 7) is 2.93. The van der Waals surface area contributed by atoms with Gasteiger partial charge in [0.2, 0.25) is 0 Å². The van der Waals surface area contributed by atoms with E-state index in [0.29, 0.717) is 0 Å². The summed E-state index contributed by atoms with van der Waals surface area (Å²) in [6, 6.07) is 0. The molecule has 3 N–H and O–H groups in total. The van der Waals surface area contributed by atoms with E-state index in [-0.39, 0.29) is 5.41 Å². The van der Waals surface area contributed by atoms with Gasteiger partial charge >= 0.3 is 0 Å². The molecule has 2 fully saturated rings. The number of nitrogens with one attached hydrogen (secondary N) is 1. The molecule has 2 heterocycles. The predicted octanol–water partition coefficient (Wildman–Crippen LogP) is -0.556. The van der Waals surface area contributed by atoms with Crippen molar-refractivity contribution >= 4 is 0 Å². The SMILES string of the molecule is N[C]1OCC12CCNC2. The van der Waals surface area contributed by atoms with Crippen LogP contribution in [-0.2, 0) is 4.74 Å². The number of hydrogen-bond donors (Lipinski definition) is 2. The van der Waals surface area contributed by atoms with Crippen molar-refractivity contribution < 1.29 is 4.74 Å². The van der Waals surface area contributed by atoms with Crippen LogP contribution in [0.25, 0.3) is 0 Å². The van der Waals surface area contributed by atoms with E-state index in [1.54, 1.807) is 0 Å². The molecule has 1 unspecified atom stereocenters. The highest BCUT2D eigenvalue weighted by Crippen LogP contribution is 2.42. The van der Waals surface area contributed by atoms with Crippen molar-refractivity contribution in [2.24, 2.45) is 11.1 Å². The molecule has 3 heteroatoms. The normalized spacial score (nSPS) is 43.7. The predicted molar refractivity (Wildman–Crippen MR) is 33.3 cm³/mol. The minimum Gasteiger partial charge on any atom is -0.355 e. The van der Waals surface area contributed by atoms with Gasteiger partial charge in [-0.05, 0) is 13.0 Å². The van der Waals surface area contributed by atoms with E-state index < -0.39 is 0 Å². The number of hydrogen-bond acceptors (Lipinski definition) is 3. The van der Waals surface area contributed by atoms with Crippen molar-refractivity contribution in [1.29, 1.82) is 0 Å². The highest BCUT2D eigenvalue weighted by atomic mass is 16.5. The molecule has 1 spiro atoms. The Kier molecular flexibility index (Phi) is 1.06. The molecule has 3 nitrogen and oxygen atoms in total. The minimum absolute atomic E-state index is 0.236. The van der Waals surface area contributed by atoms with Gasteiger partial charge < -0.3 is 10.1 Å². The molecule has 2 aliphatic heterocycles. The van der Waals surface area contributed by atoms with Crippen LogP contribution in [0.4, 0.5) is 0 Å². The third-order valence-corrected chi connectivity index (χ3v) is 2.27. The Hall–Kier alpha value is -0.120. The third-order valence-electron chi connectivity index (χ3n) is 2.27. The molecule has 2 saturated heterocycles. The number of nitrogens with two attached hydrogens (primary N) is 1. The molecule has 0 aliphatic carbocycles. The van der Waals surface area contributed by atoms with E-state index in [1.807, 2.05) is 0 Å². The second-order valence-electron chi connectivity index (χ2n) is 2.86. The summed E-state index contributed by atoms with van der Waals surface area (Å²) in [5.41, 5.74) is 5.81. The van der Waals surface area contributed by atoms with Gasteiger partial charge in [-0.2, -0.15) is 0 Å². The smallest absolute Gasteiger partial charge is 0.169 e. The van der Waals surface area contributed by atoms with Crippen LogP contribution in [0.15, 0.2) is 0 Å². The maximum atomic E-state index is 5.57. The average molecular weight is 127 g/mol. The fourth-order valence-corrected chi connectivity index (χ4v) is 1.44. The van der Waals surface area contributed by atoms with Gasteiger partial charge in [0.05, 0.1) is 12.0 Å². The van der Waals surface area contributed by atoms with Crippen LogP contribution in [-0.4, -0.2) is 19.7 Å². The molecule has 2 aliphatic rings. The lowest BCUT2D eigenvalue weighted by molar-refractivity contribution is -0.0899. The summed E-state index contributed by atoms with van der Waals surface area (Å²) in [7, 11) is 0. The molecule has 1 radical (unpaired) electrons. The minimum atomic E-state index is 0.236. The van der Waals surface area contributed by atoms with Crippen LogP contribution in [0.1, 0.15) is 6.42 Å². The van der Waals surface area contributed by atoms with Gasteiger partial charge in [0.15, 0.2) is 6.23 Å². The lowest BCUT2D eigenvalue weighted by Gasteiger charge is -2.42. The van der Waals surface area contributed by atoms with Gasteiger partial charge in [-0.3, -0.25) is 5.73 Å². The second-order valence-corrected chi connectivity index (χ2v) is 2.86. The van der Waals surface area contributed by atoms with Crippen molar-refractivity contribution in [1.82, 2.24) is 5.32 Å². The van der Waals surface area contributed by atoms with E-state index in [9.17, 15) is 0 Å². The fourth-order valence-electron chi connectivity index (χ4n) is 1.44. The van der Waals surface area contributed by atoms with Crippen LogP contribution in [0, 0.1) is 11.6 Å². The summed E-state index contributed by atoms with van der Waals surface area (Å²) in [5.74, 6) is 0. The lowest BCUT2D eigenvalue weighted by atomic mass is 9.82. The molecule has 0 aromatic rings. The number of rotatable bonds is 0. The molecule has 0 bridgehead atoms. The molecule has 0 aromatic carbocycles. The monoisotopic (exact) mass is 127 g/mol. The Balaban J connectivity index is 2.06. The molecule has 0 aromatic heterocycles. The Labute approximate surface area is 54.6 Å². The van der Waals surface area contributed by atoms with E-state index >= 15 is 0 Å². The van der Waals surface area contributed by atoms with E-state index in [4.69, 9.17) is 10.5 Å². The molecule has 2 rings (SSSR count). The van der Waals surface area contributed by atoms with E-state index in [0.717, 1.165) is 32.3 Å². The van der Waals surface area contributed by atoms with Crippen molar-refractivity contribution in [3.05, 3.63) is 6.23 Å². The number of ether oxygens (including phenoxy) is 1. The van der Waals surface area contributed by atoms with E-state index in [2.05, 4.69) is 5.32 Å². The van der Waals surface area contributed by atoms with Crippen LogP contribution in [0.3, 0.4) is 0 Å². The van der Waals surface area contributed by atoms with Crippen LogP contribution in [0.2, 0.25) is 0 Å². The van der Waals surface area contributed by atoms with Crippen LogP contribution >= 0.6 is 0 Å². The summed E-state index contributed by atoms with van der Waals surface area (Å²) < 4.78 is 5.02. The highest BCUT2D eigenvalue weighted by molar-refractivity contribution is 5.08. The molecule has 1 atom stereocenters. The third kappa shape index (κ3) is 0.625. The topological polar surface area (TPSA) is 47.3 Å². The molecule has 0 amide bonds. The first-order valence-corrected chi connectivity index (χ1v) is 3.30. The maximum Gasteiger partial charge on any atom is 0.169 e. The highest BCUT2D eigenvalue weighted by Gasteiger charge is 2.49. The zero-order chi connectivity index (χ0) is 6.32. The summed E-state index contributed by atoms with van der Waals surface area (Å²) in [4.78, 5) is 0. The first-order chi connectivity index (χ1) is 4.33. The van der Waals surface area contributed by atoms with Crippen LogP contribution in [0.5, 0.6) is 0 Å². The van der Waals surface area contributed by atoms with Crippen molar-refractivity contribution in [2.75, 3.05) is 19.7 Å². The molecule has 0 saturated carbocycles. The largest absolute Gasteiger partial charge is 0.355 e.